The van der Waals surface area contributed by atoms with Crippen LogP contribution in [0.15, 0.2) is 36.7 Å². The van der Waals surface area contributed by atoms with Crippen molar-refractivity contribution in [1.29, 1.82) is 5.26 Å². The molecule has 0 aliphatic rings. The molecule has 1 amide bonds. The minimum atomic E-state index is -0.195. The van der Waals surface area contributed by atoms with Gasteiger partial charge in [0.15, 0.2) is 11.5 Å². The predicted molar refractivity (Wildman–Crippen MR) is 62.1 cm³/mol. The summed E-state index contributed by atoms with van der Waals surface area (Å²) in [6.07, 6.45) is 1.63. The third kappa shape index (κ3) is 2.69. The van der Waals surface area contributed by atoms with Gasteiger partial charge in [-0.1, -0.05) is 30.3 Å². The van der Waals surface area contributed by atoms with Gasteiger partial charge in [0.2, 0.25) is 5.91 Å². The molecule has 0 saturated heterocycles. The highest BCUT2D eigenvalue weighted by molar-refractivity contribution is 5.92. The highest BCUT2D eigenvalue weighted by Gasteiger charge is 2.09. The van der Waals surface area contributed by atoms with Gasteiger partial charge in [-0.2, -0.15) is 5.26 Å². The fourth-order valence-corrected chi connectivity index (χ4v) is 1.43. The Morgan fingerprint density at radius 2 is 2.18 bits per heavy atom. The summed E-state index contributed by atoms with van der Waals surface area (Å²) in [5.74, 6) is 0.0771. The molecule has 0 aliphatic carbocycles. The summed E-state index contributed by atoms with van der Waals surface area (Å²) < 4.78 is 0. The second-order valence-corrected chi connectivity index (χ2v) is 3.45. The largest absolute Gasteiger partial charge is 0.335 e. The number of imidazole rings is 1. The van der Waals surface area contributed by atoms with Crippen LogP contribution in [0.2, 0.25) is 0 Å². The van der Waals surface area contributed by atoms with Crippen LogP contribution in [-0.4, -0.2) is 15.9 Å². The molecule has 2 rings (SSSR count). The van der Waals surface area contributed by atoms with Crippen LogP contribution in [-0.2, 0) is 11.2 Å². The van der Waals surface area contributed by atoms with Crippen molar-refractivity contribution >= 4 is 11.7 Å². The van der Waals surface area contributed by atoms with Crippen molar-refractivity contribution in [3.05, 3.63) is 47.9 Å². The molecule has 1 aromatic heterocycles. The summed E-state index contributed by atoms with van der Waals surface area (Å²) in [6.45, 7) is 0. The molecule has 17 heavy (non-hydrogen) atoms. The number of carbonyl (C=O) groups is 1. The Morgan fingerprint density at radius 3 is 2.88 bits per heavy atom. The molecule has 0 spiro atoms. The third-order valence-electron chi connectivity index (χ3n) is 2.22. The summed E-state index contributed by atoms with van der Waals surface area (Å²) >= 11 is 0. The summed E-state index contributed by atoms with van der Waals surface area (Å²) in [7, 11) is 0. The molecule has 0 saturated carbocycles. The highest BCUT2D eigenvalue weighted by Crippen LogP contribution is 2.08. The lowest BCUT2D eigenvalue weighted by Crippen LogP contribution is -2.15. The molecule has 1 aromatic carbocycles. The van der Waals surface area contributed by atoms with Crippen molar-refractivity contribution < 1.29 is 4.79 Å². The second-order valence-electron chi connectivity index (χ2n) is 3.45. The Morgan fingerprint density at radius 1 is 1.41 bits per heavy atom. The van der Waals surface area contributed by atoms with E-state index >= 15 is 0 Å². The maximum absolute atomic E-state index is 11.7. The predicted octanol–water partition coefficient (Wildman–Crippen LogP) is 1.46. The van der Waals surface area contributed by atoms with Gasteiger partial charge < -0.3 is 10.3 Å². The van der Waals surface area contributed by atoms with Gasteiger partial charge in [0.1, 0.15) is 6.07 Å². The van der Waals surface area contributed by atoms with Gasteiger partial charge in [0.25, 0.3) is 0 Å². The van der Waals surface area contributed by atoms with Crippen molar-refractivity contribution in [2.45, 2.75) is 6.42 Å². The number of nitrogens with zero attached hydrogens (tertiary/aromatic N) is 2. The standard InChI is InChI=1S/C12H10N4O/c13-7-10-12(15-8-14-10)16-11(17)6-9-4-2-1-3-5-9/h1-5,8H,6H2,(H,14,15)(H,16,17). The number of carbonyl (C=O) groups excluding carboxylic acids is 1. The Labute approximate surface area is 98.1 Å². The van der Waals surface area contributed by atoms with Gasteiger partial charge in [-0.15, -0.1) is 0 Å². The summed E-state index contributed by atoms with van der Waals surface area (Å²) in [5, 5.41) is 11.3. The number of nitriles is 1. The van der Waals surface area contributed by atoms with Crippen LogP contribution in [0.4, 0.5) is 5.82 Å². The van der Waals surface area contributed by atoms with Crippen LogP contribution in [0.5, 0.6) is 0 Å². The topological polar surface area (TPSA) is 81.6 Å². The smallest absolute Gasteiger partial charge is 0.230 e. The SMILES string of the molecule is N#Cc1[nH]cnc1NC(=O)Cc1ccccc1. The van der Waals surface area contributed by atoms with Crippen molar-refractivity contribution in [1.82, 2.24) is 9.97 Å². The maximum atomic E-state index is 11.7. The van der Waals surface area contributed by atoms with Crippen molar-refractivity contribution in [3.63, 3.8) is 0 Å². The minimum absolute atomic E-state index is 0.195. The van der Waals surface area contributed by atoms with Crippen LogP contribution in [0, 0.1) is 11.3 Å². The molecule has 5 nitrogen and oxygen atoms in total. The van der Waals surface area contributed by atoms with E-state index in [4.69, 9.17) is 5.26 Å². The number of amides is 1. The number of hydrogen-bond acceptors (Lipinski definition) is 3. The number of hydrogen-bond donors (Lipinski definition) is 2. The Kier molecular flexibility index (Phi) is 3.17. The Hall–Kier alpha value is -2.61. The average molecular weight is 226 g/mol. The van der Waals surface area contributed by atoms with E-state index in [1.165, 1.54) is 6.33 Å². The molecule has 0 radical (unpaired) electrons. The van der Waals surface area contributed by atoms with Crippen LogP contribution in [0.25, 0.3) is 0 Å². The molecule has 84 valence electrons. The first kappa shape index (κ1) is 10.9. The fraction of sp³-hybridized carbons (Fsp3) is 0.0833. The van der Waals surface area contributed by atoms with E-state index in [9.17, 15) is 4.79 Å². The van der Waals surface area contributed by atoms with Crippen molar-refractivity contribution in [3.8, 4) is 6.07 Å². The molecule has 0 aliphatic heterocycles. The first-order valence-electron chi connectivity index (χ1n) is 5.07. The molecule has 2 aromatic rings. The molecular weight excluding hydrogens is 216 g/mol. The van der Waals surface area contributed by atoms with Gasteiger partial charge in [-0.3, -0.25) is 4.79 Å². The zero-order valence-corrected chi connectivity index (χ0v) is 8.97. The number of benzene rings is 1. The molecule has 0 unspecified atom stereocenters. The van der Waals surface area contributed by atoms with Crippen LogP contribution in [0.3, 0.4) is 0 Å². The first-order valence-corrected chi connectivity index (χ1v) is 5.07. The molecule has 1 heterocycles. The van der Waals surface area contributed by atoms with Crippen molar-refractivity contribution in [2.24, 2.45) is 0 Å². The fourth-order valence-electron chi connectivity index (χ4n) is 1.43. The van der Waals surface area contributed by atoms with Crippen LogP contribution >= 0.6 is 0 Å². The number of aromatic amines is 1. The number of anilines is 1. The van der Waals surface area contributed by atoms with Gasteiger partial charge in [-0.25, -0.2) is 4.98 Å². The Balaban J connectivity index is 2.01. The zero-order valence-electron chi connectivity index (χ0n) is 8.97. The second kappa shape index (κ2) is 4.94. The third-order valence-corrected chi connectivity index (χ3v) is 2.22. The van der Waals surface area contributed by atoms with E-state index in [2.05, 4.69) is 15.3 Å². The Bertz CT molecular complexity index is 553. The van der Waals surface area contributed by atoms with E-state index in [1.807, 2.05) is 36.4 Å². The average Bonchev–Trinajstić information content (AvgIpc) is 2.77. The van der Waals surface area contributed by atoms with Crippen LogP contribution in [0.1, 0.15) is 11.3 Å². The van der Waals surface area contributed by atoms with E-state index in [0.717, 1.165) is 5.56 Å². The first-order chi connectivity index (χ1) is 8.29. The summed E-state index contributed by atoms with van der Waals surface area (Å²) in [5.41, 5.74) is 1.17. The summed E-state index contributed by atoms with van der Waals surface area (Å²) in [6, 6.07) is 11.3. The number of nitrogens with one attached hydrogen (secondary N) is 2. The van der Waals surface area contributed by atoms with Crippen LogP contribution < -0.4 is 5.32 Å². The van der Waals surface area contributed by atoms with E-state index in [-0.39, 0.29) is 23.8 Å². The van der Waals surface area contributed by atoms with E-state index < -0.39 is 0 Å². The lowest BCUT2D eigenvalue weighted by Gasteiger charge is -2.02. The van der Waals surface area contributed by atoms with Gasteiger partial charge in [0.05, 0.1) is 12.7 Å². The van der Waals surface area contributed by atoms with E-state index in [1.54, 1.807) is 0 Å². The minimum Gasteiger partial charge on any atom is -0.335 e. The molecule has 0 bridgehead atoms. The normalized spacial score (nSPS) is 9.59. The number of rotatable bonds is 3. The van der Waals surface area contributed by atoms with Gasteiger partial charge >= 0.3 is 0 Å². The maximum Gasteiger partial charge on any atom is 0.230 e. The number of aromatic nitrogens is 2. The van der Waals surface area contributed by atoms with Crippen molar-refractivity contribution in [2.75, 3.05) is 5.32 Å². The number of H-pyrrole nitrogens is 1. The molecule has 2 N–H and O–H groups in total. The molecular formula is C12H10N4O. The zero-order chi connectivity index (χ0) is 12.1. The molecule has 0 atom stereocenters. The summed E-state index contributed by atoms with van der Waals surface area (Å²) in [4.78, 5) is 18.2. The highest BCUT2D eigenvalue weighted by atomic mass is 16.1. The van der Waals surface area contributed by atoms with E-state index in [0.29, 0.717) is 0 Å². The lowest BCUT2D eigenvalue weighted by molar-refractivity contribution is -0.115. The van der Waals surface area contributed by atoms with Gasteiger partial charge in [0, 0.05) is 0 Å². The molecule has 0 fully saturated rings. The van der Waals surface area contributed by atoms with Gasteiger partial charge in [-0.05, 0) is 5.56 Å². The lowest BCUT2D eigenvalue weighted by atomic mass is 10.1. The molecule has 5 heteroatoms. The monoisotopic (exact) mass is 226 g/mol. The quantitative estimate of drug-likeness (QED) is 0.831.